The van der Waals surface area contributed by atoms with Crippen molar-refractivity contribution in [1.29, 1.82) is 0 Å². The van der Waals surface area contributed by atoms with E-state index in [1.807, 2.05) is 36.5 Å². The molecule has 9 heteroatoms. The molecule has 0 saturated carbocycles. The lowest BCUT2D eigenvalue weighted by Gasteiger charge is -2.47. The van der Waals surface area contributed by atoms with E-state index in [1.54, 1.807) is 0 Å². The summed E-state index contributed by atoms with van der Waals surface area (Å²) in [5.74, 6) is -1.09. The Labute approximate surface area is 190 Å². The molecule has 2 aromatic carbocycles. The molecule has 7 nitrogen and oxygen atoms in total. The van der Waals surface area contributed by atoms with Gasteiger partial charge in [0.15, 0.2) is 0 Å². The minimum atomic E-state index is -1.18. The van der Waals surface area contributed by atoms with E-state index in [1.165, 1.54) is 6.07 Å². The summed E-state index contributed by atoms with van der Waals surface area (Å²) in [5, 5.41) is 19.3. The van der Waals surface area contributed by atoms with E-state index >= 15 is 0 Å². The number of hydrogen-bond donors (Lipinski definition) is 3. The number of H-pyrrole nitrogens is 1. The van der Waals surface area contributed by atoms with Crippen molar-refractivity contribution >= 4 is 6.09 Å². The molecule has 3 N–H and O–H groups in total. The number of nitrogens with one attached hydrogen (secondary N) is 2. The molecule has 3 aromatic rings. The number of aromatic nitrogens is 2. The Bertz CT molecular complexity index is 1120. The van der Waals surface area contributed by atoms with Crippen LogP contribution in [0.4, 0.5) is 13.6 Å². The van der Waals surface area contributed by atoms with Crippen LogP contribution in [0.3, 0.4) is 0 Å². The summed E-state index contributed by atoms with van der Waals surface area (Å²) in [6.45, 7) is 2.48. The van der Waals surface area contributed by atoms with Gasteiger partial charge in [0.2, 0.25) is 0 Å². The number of piperidine rings is 1. The number of benzene rings is 2. The topological polar surface area (TPSA) is 84.5 Å². The average Bonchev–Trinajstić information content (AvgIpc) is 3.38. The quantitative estimate of drug-likeness (QED) is 0.549. The van der Waals surface area contributed by atoms with Gasteiger partial charge in [0.25, 0.3) is 0 Å². The molecule has 33 heavy (non-hydrogen) atoms. The van der Waals surface area contributed by atoms with E-state index in [4.69, 9.17) is 0 Å². The van der Waals surface area contributed by atoms with Crippen molar-refractivity contribution < 1.29 is 18.7 Å². The van der Waals surface area contributed by atoms with Crippen LogP contribution in [0.1, 0.15) is 34.8 Å². The van der Waals surface area contributed by atoms with Gasteiger partial charge < -0.3 is 10.4 Å². The molecular weight excluding hydrogens is 428 g/mol. The Balaban J connectivity index is 1.50. The van der Waals surface area contributed by atoms with Crippen LogP contribution in [0.15, 0.2) is 54.7 Å². The third-order valence-electron chi connectivity index (χ3n) is 6.62. The van der Waals surface area contributed by atoms with Crippen molar-refractivity contribution in [2.24, 2.45) is 0 Å². The maximum Gasteiger partial charge on any atom is 0.404 e. The number of halogens is 2. The fourth-order valence-electron chi connectivity index (χ4n) is 5.18. The predicted octanol–water partition coefficient (Wildman–Crippen LogP) is 3.66. The summed E-state index contributed by atoms with van der Waals surface area (Å²) in [5.41, 5.74) is 3.38. The van der Waals surface area contributed by atoms with E-state index in [2.05, 4.69) is 25.3 Å². The molecule has 1 saturated heterocycles. The van der Waals surface area contributed by atoms with E-state index in [-0.39, 0.29) is 11.6 Å². The molecule has 2 aliphatic rings. The van der Waals surface area contributed by atoms with Gasteiger partial charge >= 0.3 is 6.09 Å². The number of fused-ring (bicyclic) bond motifs is 1. The molecule has 1 aromatic heterocycles. The van der Waals surface area contributed by atoms with Crippen LogP contribution in [-0.2, 0) is 19.6 Å². The summed E-state index contributed by atoms with van der Waals surface area (Å²) in [6, 6.07) is 11.9. The van der Waals surface area contributed by atoms with Crippen LogP contribution in [0.2, 0.25) is 0 Å². The maximum atomic E-state index is 14.9. The first-order chi connectivity index (χ1) is 16.0. The van der Waals surface area contributed by atoms with E-state index in [0.29, 0.717) is 32.6 Å². The van der Waals surface area contributed by atoms with Gasteiger partial charge in [-0.2, -0.15) is 5.10 Å². The molecule has 0 unspecified atom stereocenters. The molecule has 0 spiro atoms. The Morgan fingerprint density at radius 2 is 2.00 bits per heavy atom. The number of likely N-dealkylation sites (tertiary alicyclic amines) is 1. The summed E-state index contributed by atoms with van der Waals surface area (Å²) >= 11 is 0. The Kier molecular flexibility index (Phi) is 5.82. The summed E-state index contributed by atoms with van der Waals surface area (Å²) in [6.07, 6.45) is 1.12. The second kappa shape index (κ2) is 8.92. The number of rotatable bonds is 5. The highest BCUT2D eigenvalue weighted by molar-refractivity contribution is 5.65. The van der Waals surface area contributed by atoms with Crippen LogP contribution < -0.4 is 5.32 Å². The van der Waals surface area contributed by atoms with Gasteiger partial charge in [0.1, 0.15) is 11.6 Å². The smallest absolute Gasteiger partial charge is 0.404 e. The molecular formula is C24H25F2N5O2. The predicted molar refractivity (Wildman–Crippen MR) is 117 cm³/mol. The maximum absolute atomic E-state index is 14.9. The zero-order chi connectivity index (χ0) is 22.9. The van der Waals surface area contributed by atoms with Crippen LogP contribution in [0, 0.1) is 11.6 Å². The fraction of sp³-hybridized carbons (Fsp3) is 0.333. The second-order valence-electron chi connectivity index (χ2n) is 8.75. The van der Waals surface area contributed by atoms with Gasteiger partial charge in [-0.25, -0.2) is 13.6 Å². The third-order valence-corrected chi connectivity index (χ3v) is 6.62. The minimum Gasteiger partial charge on any atom is -0.465 e. The van der Waals surface area contributed by atoms with Gasteiger partial charge in [0, 0.05) is 43.3 Å². The van der Waals surface area contributed by atoms with E-state index in [9.17, 15) is 18.7 Å². The first kappa shape index (κ1) is 21.5. The largest absolute Gasteiger partial charge is 0.465 e. The second-order valence-corrected chi connectivity index (χ2v) is 8.75. The van der Waals surface area contributed by atoms with Crippen LogP contribution in [0.25, 0.3) is 0 Å². The zero-order valence-electron chi connectivity index (χ0n) is 17.9. The van der Waals surface area contributed by atoms with Gasteiger partial charge in [-0.1, -0.05) is 30.3 Å². The van der Waals surface area contributed by atoms with Crippen molar-refractivity contribution in [2.75, 3.05) is 6.54 Å². The van der Waals surface area contributed by atoms with Gasteiger partial charge in [-0.05, 0) is 30.2 Å². The standard InChI is InChI=1S/C24H25F2N5O2/c25-17-6-7-20(26)19(8-17)23-21(28-24(32)33)9-18(30-12-16-10-27-29-22(16)14-30)13-31(23)11-15-4-2-1-3-5-15/h1-8,10,18,21,23,28H,9,11-14H2,(H,27,29)(H,32,33)/t18-,21+,23-/m1/s1. The van der Waals surface area contributed by atoms with Gasteiger partial charge in [-0.15, -0.1) is 0 Å². The van der Waals surface area contributed by atoms with Gasteiger partial charge in [-0.3, -0.25) is 14.9 Å². The Morgan fingerprint density at radius 3 is 2.76 bits per heavy atom. The first-order valence-electron chi connectivity index (χ1n) is 11.0. The van der Waals surface area contributed by atoms with Crippen LogP contribution in [0.5, 0.6) is 0 Å². The van der Waals surface area contributed by atoms with Crippen molar-refractivity contribution in [3.8, 4) is 0 Å². The highest BCUT2D eigenvalue weighted by Gasteiger charge is 2.42. The number of aromatic amines is 1. The van der Waals surface area contributed by atoms with Gasteiger partial charge in [0.05, 0.1) is 24.0 Å². The van der Waals surface area contributed by atoms with Crippen molar-refractivity contribution in [2.45, 2.75) is 44.2 Å². The molecule has 3 atom stereocenters. The summed E-state index contributed by atoms with van der Waals surface area (Å²) in [7, 11) is 0. The Morgan fingerprint density at radius 1 is 1.18 bits per heavy atom. The van der Waals surface area contributed by atoms with E-state index in [0.717, 1.165) is 29.0 Å². The lowest BCUT2D eigenvalue weighted by molar-refractivity contribution is 0.0266. The van der Waals surface area contributed by atoms with Crippen LogP contribution >= 0.6 is 0 Å². The lowest BCUT2D eigenvalue weighted by atomic mass is 9.86. The highest BCUT2D eigenvalue weighted by Crippen LogP contribution is 2.37. The molecule has 0 radical (unpaired) electrons. The highest BCUT2D eigenvalue weighted by atomic mass is 19.1. The van der Waals surface area contributed by atoms with Crippen molar-refractivity contribution in [3.63, 3.8) is 0 Å². The monoisotopic (exact) mass is 453 g/mol. The number of carbonyl (C=O) groups is 1. The molecule has 2 aliphatic heterocycles. The van der Waals surface area contributed by atoms with Crippen molar-refractivity contribution in [1.82, 2.24) is 25.3 Å². The van der Waals surface area contributed by atoms with Crippen LogP contribution in [-0.4, -0.2) is 49.8 Å². The van der Waals surface area contributed by atoms with Crippen molar-refractivity contribution in [3.05, 3.63) is 88.7 Å². The molecule has 5 rings (SSSR count). The third kappa shape index (κ3) is 4.46. The summed E-state index contributed by atoms with van der Waals surface area (Å²) in [4.78, 5) is 16.1. The molecule has 0 aliphatic carbocycles. The average molecular weight is 453 g/mol. The summed E-state index contributed by atoms with van der Waals surface area (Å²) < 4.78 is 29.1. The Hall–Kier alpha value is -3.30. The number of amides is 1. The molecule has 1 fully saturated rings. The van der Waals surface area contributed by atoms with E-state index < -0.39 is 29.8 Å². The molecule has 3 heterocycles. The number of hydrogen-bond acceptors (Lipinski definition) is 4. The lowest BCUT2D eigenvalue weighted by Crippen LogP contribution is -2.57. The molecule has 172 valence electrons. The first-order valence-corrected chi connectivity index (χ1v) is 11.0. The number of carboxylic acid groups (broad SMARTS) is 1. The minimum absolute atomic E-state index is 0.0271. The fourth-order valence-corrected chi connectivity index (χ4v) is 5.18. The molecule has 1 amide bonds. The zero-order valence-corrected chi connectivity index (χ0v) is 17.9. The SMILES string of the molecule is O=C(O)N[C@H]1C[C@@H](N2Cc3cn[nH]c3C2)CN(Cc2ccccc2)[C@@H]1c1cc(F)ccc1F. The number of nitrogens with zero attached hydrogens (tertiary/aromatic N) is 3. The molecule has 0 bridgehead atoms. The normalized spacial score (nSPS) is 23.4.